The van der Waals surface area contributed by atoms with Gasteiger partial charge in [0.2, 0.25) is 0 Å². The molecule has 0 atom stereocenters. The van der Waals surface area contributed by atoms with Gasteiger partial charge in [-0.2, -0.15) is 0 Å². The number of benzene rings is 1. The first-order chi connectivity index (χ1) is 5.34. The molecule has 0 aliphatic rings. The molecule has 0 aliphatic carbocycles. The lowest BCUT2D eigenvalue weighted by atomic mass is 10.3. The minimum Gasteiger partial charge on any atom is -1.00 e. The highest BCUT2D eigenvalue weighted by atomic mass is 35.5. The van der Waals surface area contributed by atoms with Gasteiger partial charge in [-0.3, -0.25) is 0 Å². The number of para-hydroxylation sites is 2. The fraction of sp³-hybridized carbons (Fsp3) is 0.333. The van der Waals surface area contributed by atoms with Crippen molar-refractivity contribution in [3.05, 3.63) is 24.3 Å². The molecule has 1 aromatic rings. The average Bonchev–Trinajstić information content (AvgIpc) is 2.03. The second kappa shape index (κ2) is 5.72. The molecule has 12 heavy (non-hydrogen) atoms. The molecule has 0 aliphatic heterocycles. The number of hydrogen-bond donors (Lipinski definition) is 1. The smallest absolute Gasteiger partial charge is 0.142 e. The summed E-state index contributed by atoms with van der Waals surface area (Å²) in [6.45, 7) is 2.80. The molecule has 1 aromatic carbocycles. The fourth-order valence-corrected chi connectivity index (χ4v) is 0.824. The van der Waals surface area contributed by atoms with Gasteiger partial charge >= 0.3 is 0 Å². The van der Waals surface area contributed by atoms with Crippen LogP contribution >= 0.6 is 0 Å². The van der Waals surface area contributed by atoms with Gasteiger partial charge in [0.15, 0.2) is 0 Å². The summed E-state index contributed by atoms with van der Waals surface area (Å²) in [7, 11) is 0. The molecule has 0 saturated carbocycles. The molecular weight excluding hydrogens is 174 g/mol. The Kier molecular flexibility index (Phi) is 5.30. The predicted molar refractivity (Wildman–Crippen MR) is 46.6 cm³/mol. The zero-order valence-electron chi connectivity index (χ0n) is 7.09. The molecule has 0 spiro atoms. The molecule has 3 heteroatoms. The Balaban J connectivity index is 0.00000121. The lowest BCUT2D eigenvalue weighted by molar-refractivity contribution is -0.00000274. The third kappa shape index (κ3) is 3.01. The highest BCUT2D eigenvalue weighted by Crippen LogP contribution is 2.19. The quantitative estimate of drug-likeness (QED) is 0.619. The minimum absolute atomic E-state index is 0. The van der Waals surface area contributed by atoms with E-state index in [4.69, 9.17) is 10.5 Å². The van der Waals surface area contributed by atoms with Crippen LogP contribution in [0.4, 0.5) is 5.69 Å². The van der Waals surface area contributed by atoms with Crippen LogP contribution in [0, 0.1) is 0 Å². The van der Waals surface area contributed by atoms with Crippen LogP contribution < -0.4 is 22.9 Å². The van der Waals surface area contributed by atoms with E-state index in [0.29, 0.717) is 5.69 Å². The molecule has 0 radical (unpaired) electrons. The fourth-order valence-electron chi connectivity index (χ4n) is 0.824. The van der Waals surface area contributed by atoms with Crippen molar-refractivity contribution in [2.24, 2.45) is 0 Å². The van der Waals surface area contributed by atoms with Crippen LogP contribution in [0.25, 0.3) is 0 Å². The van der Waals surface area contributed by atoms with Crippen LogP contribution in [0.1, 0.15) is 13.3 Å². The summed E-state index contributed by atoms with van der Waals surface area (Å²) in [6, 6.07) is 7.53. The largest absolute Gasteiger partial charge is 1.00 e. The summed E-state index contributed by atoms with van der Waals surface area (Å²) in [6.07, 6.45) is 1.01. The van der Waals surface area contributed by atoms with Gasteiger partial charge in [0.05, 0.1) is 12.3 Å². The number of nitrogens with two attached hydrogens (primary N) is 1. The molecule has 0 saturated heterocycles. The topological polar surface area (TPSA) is 35.2 Å². The van der Waals surface area contributed by atoms with Crippen LogP contribution in [-0.4, -0.2) is 6.61 Å². The number of ether oxygens (including phenoxy) is 1. The molecule has 0 amide bonds. The van der Waals surface area contributed by atoms with Crippen LogP contribution in [-0.2, 0) is 0 Å². The normalized spacial score (nSPS) is 8.75. The zero-order valence-corrected chi connectivity index (χ0v) is 7.84. The van der Waals surface area contributed by atoms with Crippen molar-refractivity contribution >= 4 is 5.69 Å². The molecular formula is C9H13ClNO-. The molecule has 0 bridgehead atoms. The van der Waals surface area contributed by atoms with Crippen molar-refractivity contribution in [3.8, 4) is 5.75 Å². The summed E-state index contributed by atoms with van der Waals surface area (Å²) in [4.78, 5) is 0. The SMILES string of the molecule is CCCOc1ccccc1N.[Cl-]. The maximum absolute atomic E-state index is 5.64. The summed E-state index contributed by atoms with van der Waals surface area (Å²) < 4.78 is 5.36. The van der Waals surface area contributed by atoms with Gasteiger partial charge in [0, 0.05) is 0 Å². The first-order valence-electron chi connectivity index (χ1n) is 3.82. The van der Waals surface area contributed by atoms with E-state index < -0.39 is 0 Å². The van der Waals surface area contributed by atoms with Gasteiger partial charge < -0.3 is 22.9 Å². The van der Waals surface area contributed by atoms with Crippen LogP contribution in [0.15, 0.2) is 24.3 Å². The molecule has 0 aromatic heterocycles. The van der Waals surface area contributed by atoms with Gasteiger partial charge in [-0.1, -0.05) is 19.1 Å². The number of nitrogen functional groups attached to an aromatic ring is 1. The van der Waals surface area contributed by atoms with Gasteiger partial charge in [-0.25, -0.2) is 0 Å². The molecule has 68 valence electrons. The number of halogens is 1. The Morgan fingerprint density at radius 3 is 2.58 bits per heavy atom. The van der Waals surface area contributed by atoms with Crippen molar-refractivity contribution in [2.45, 2.75) is 13.3 Å². The molecule has 2 nitrogen and oxygen atoms in total. The Morgan fingerprint density at radius 1 is 1.33 bits per heavy atom. The third-order valence-electron chi connectivity index (χ3n) is 1.38. The molecule has 1 rings (SSSR count). The summed E-state index contributed by atoms with van der Waals surface area (Å²) in [5.41, 5.74) is 6.35. The molecule has 0 fully saturated rings. The van der Waals surface area contributed by atoms with Crippen molar-refractivity contribution < 1.29 is 17.1 Å². The summed E-state index contributed by atoms with van der Waals surface area (Å²) in [5.74, 6) is 0.786. The Morgan fingerprint density at radius 2 is 2.00 bits per heavy atom. The molecule has 0 unspecified atom stereocenters. The average molecular weight is 187 g/mol. The molecule has 0 heterocycles. The summed E-state index contributed by atoms with van der Waals surface area (Å²) >= 11 is 0. The first-order valence-corrected chi connectivity index (χ1v) is 3.82. The van der Waals surface area contributed by atoms with E-state index in [1.165, 1.54) is 0 Å². The van der Waals surface area contributed by atoms with E-state index in [2.05, 4.69) is 6.92 Å². The standard InChI is InChI=1S/C9H13NO.ClH/c1-2-7-11-9-6-4-3-5-8(9)10;/h3-6H,2,7,10H2,1H3;1H/p-1. The van der Waals surface area contributed by atoms with E-state index in [9.17, 15) is 0 Å². The van der Waals surface area contributed by atoms with E-state index in [1.54, 1.807) is 0 Å². The number of rotatable bonds is 3. The lowest BCUT2D eigenvalue weighted by Crippen LogP contribution is -3.00. The predicted octanol–water partition coefficient (Wildman–Crippen LogP) is -0.938. The van der Waals surface area contributed by atoms with Gasteiger partial charge in [0.1, 0.15) is 5.75 Å². The van der Waals surface area contributed by atoms with Crippen LogP contribution in [0.5, 0.6) is 5.75 Å². The lowest BCUT2D eigenvalue weighted by Gasteiger charge is -2.05. The van der Waals surface area contributed by atoms with Gasteiger partial charge in [-0.05, 0) is 18.6 Å². The van der Waals surface area contributed by atoms with Gasteiger partial charge in [-0.15, -0.1) is 0 Å². The third-order valence-corrected chi connectivity index (χ3v) is 1.38. The summed E-state index contributed by atoms with van der Waals surface area (Å²) in [5, 5.41) is 0. The van der Waals surface area contributed by atoms with E-state index in [0.717, 1.165) is 18.8 Å². The zero-order chi connectivity index (χ0) is 8.10. The Hall–Kier alpha value is -0.890. The van der Waals surface area contributed by atoms with Crippen molar-refractivity contribution in [3.63, 3.8) is 0 Å². The van der Waals surface area contributed by atoms with E-state index >= 15 is 0 Å². The van der Waals surface area contributed by atoms with E-state index in [-0.39, 0.29) is 12.4 Å². The van der Waals surface area contributed by atoms with Crippen molar-refractivity contribution in [1.82, 2.24) is 0 Å². The minimum atomic E-state index is 0. The molecule has 2 N–H and O–H groups in total. The monoisotopic (exact) mass is 186 g/mol. The Labute approximate surface area is 79.1 Å². The van der Waals surface area contributed by atoms with Crippen LogP contribution in [0.2, 0.25) is 0 Å². The number of anilines is 1. The second-order valence-electron chi connectivity index (χ2n) is 2.39. The van der Waals surface area contributed by atoms with E-state index in [1.807, 2.05) is 24.3 Å². The maximum Gasteiger partial charge on any atom is 0.142 e. The van der Waals surface area contributed by atoms with Crippen molar-refractivity contribution in [1.29, 1.82) is 0 Å². The van der Waals surface area contributed by atoms with Crippen LogP contribution in [0.3, 0.4) is 0 Å². The van der Waals surface area contributed by atoms with Crippen molar-refractivity contribution in [2.75, 3.05) is 12.3 Å². The van der Waals surface area contributed by atoms with Gasteiger partial charge in [0.25, 0.3) is 0 Å². The number of hydrogen-bond acceptors (Lipinski definition) is 2. The Bertz CT molecular complexity index is 228. The highest BCUT2D eigenvalue weighted by molar-refractivity contribution is 5.51. The second-order valence-corrected chi connectivity index (χ2v) is 2.39. The maximum atomic E-state index is 5.64. The first kappa shape index (κ1) is 11.1. The highest BCUT2D eigenvalue weighted by Gasteiger charge is 1.95.